The SMILES string of the molecule is CC(CSCCC(F)(F)C(F)(F)C(F)(F)C(F)(F)C(F)(F)C(F)(F)C(F)(F)C(F)(F)F)C(=O)NCCC[N+](C)(C)C.[I-]. The number of carbonyl (C=O) groups excluding carboxylic acids is 1. The van der Waals surface area contributed by atoms with Gasteiger partial charge in [0.05, 0.1) is 27.7 Å². The average Bonchev–Trinajstić information content (AvgIpc) is 2.76. The van der Waals surface area contributed by atoms with Crippen LogP contribution in [0.4, 0.5) is 74.6 Å². The van der Waals surface area contributed by atoms with E-state index in [0.29, 0.717) is 17.4 Å². The van der Waals surface area contributed by atoms with Gasteiger partial charge >= 0.3 is 47.6 Å². The summed E-state index contributed by atoms with van der Waals surface area (Å²) in [6, 6.07) is 0. The van der Waals surface area contributed by atoms with Crippen LogP contribution >= 0.6 is 11.8 Å². The third-order valence-electron chi connectivity index (χ3n) is 5.47. The van der Waals surface area contributed by atoms with Gasteiger partial charge in [-0.05, 0) is 5.75 Å². The zero-order valence-corrected chi connectivity index (χ0v) is 24.9. The molecule has 1 amide bonds. The predicted octanol–water partition coefficient (Wildman–Crippen LogP) is 3.97. The topological polar surface area (TPSA) is 29.1 Å². The zero-order chi connectivity index (χ0) is 33.3. The van der Waals surface area contributed by atoms with Crippen LogP contribution < -0.4 is 29.3 Å². The number of alkyl halides is 17. The lowest BCUT2D eigenvalue weighted by Crippen LogP contribution is -3.00. The van der Waals surface area contributed by atoms with E-state index in [1.807, 2.05) is 21.1 Å². The molecule has 1 N–H and O–H groups in total. The Labute approximate surface area is 249 Å². The van der Waals surface area contributed by atoms with Gasteiger partial charge in [-0.25, -0.2) is 0 Å². The first-order chi connectivity index (χ1) is 17.8. The number of hydrogen-bond donors (Lipinski definition) is 1. The van der Waals surface area contributed by atoms with Crippen molar-refractivity contribution in [2.75, 3.05) is 45.7 Å². The van der Waals surface area contributed by atoms with Gasteiger partial charge in [0, 0.05) is 31.1 Å². The van der Waals surface area contributed by atoms with Crippen LogP contribution in [0.5, 0.6) is 0 Å². The molecule has 0 heterocycles. The summed E-state index contributed by atoms with van der Waals surface area (Å²) < 4.78 is 226. The number of nitrogens with one attached hydrogen (secondary N) is 1. The Kier molecular flexibility index (Phi) is 14.2. The fourth-order valence-electron chi connectivity index (χ4n) is 2.83. The van der Waals surface area contributed by atoms with Gasteiger partial charge in [0.2, 0.25) is 5.91 Å². The van der Waals surface area contributed by atoms with Crippen LogP contribution in [0.15, 0.2) is 0 Å². The minimum Gasteiger partial charge on any atom is -1.00 e. The minimum absolute atomic E-state index is 0. The minimum atomic E-state index is -8.63. The zero-order valence-electron chi connectivity index (χ0n) is 21.9. The summed E-state index contributed by atoms with van der Waals surface area (Å²) in [5.74, 6) is -59.7. The normalized spacial score (nSPS) is 15.7. The number of halogens is 18. The number of thioether (sulfide) groups is 1. The van der Waals surface area contributed by atoms with E-state index < -0.39 is 77.4 Å². The molecule has 0 aromatic heterocycles. The molecule has 0 aromatic carbocycles. The van der Waals surface area contributed by atoms with Crippen molar-refractivity contribution in [3.05, 3.63) is 0 Å². The number of amides is 1. The van der Waals surface area contributed by atoms with E-state index in [1.165, 1.54) is 6.92 Å². The molecule has 0 fully saturated rings. The summed E-state index contributed by atoms with van der Waals surface area (Å²) in [5.41, 5.74) is 0. The Bertz CT molecular complexity index is 891. The Hall–Kier alpha value is -0.680. The molecule has 1 unspecified atom stereocenters. The van der Waals surface area contributed by atoms with E-state index in [2.05, 4.69) is 5.32 Å². The van der Waals surface area contributed by atoms with Crippen LogP contribution in [0.3, 0.4) is 0 Å². The molecule has 0 aliphatic rings. The van der Waals surface area contributed by atoms with Crippen molar-refractivity contribution in [3.8, 4) is 0 Å². The van der Waals surface area contributed by atoms with Gasteiger partial charge in [0.25, 0.3) is 0 Å². The van der Waals surface area contributed by atoms with E-state index in [1.54, 1.807) is 0 Å². The molecule has 0 aliphatic carbocycles. The van der Waals surface area contributed by atoms with Crippen molar-refractivity contribution >= 4 is 17.7 Å². The molecule has 1 atom stereocenters. The fourth-order valence-corrected chi connectivity index (χ4v) is 3.90. The first-order valence-electron chi connectivity index (χ1n) is 11.1. The number of nitrogens with zero attached hydrogens (tertiary/aromatic N) is 1. The number of carbonyl (C=O) groups is 1. The predicted molar refractivity (Wildman–Crippen MR) is 112 cm³/mol. The van der Waals surface area contributed by atoms with Crippen LogP contribution in [0, 0.1) is 5.92 Å². The second-order valence-electron chi connectivity index (χ2n) is 10.0. The highest BCUT2D eigenvalue weighted by Crippen LogP contribution is 2.64. The Morgan fingerprint density at radius 1 is 0.690 bits per heavy atom. The lowest BCUT2D eigenvalue weighted by Gasteiger charge is -2.42. The van der Waals surface area contributed by atoms with Gasteiger partial charge in [-0.15, -0.1) is 0 Å². The van der Waals surface area contributed by atoms with Crippen molar-refractivity contribution < 1.29 is 108 Å². The molecule has 0 aliphatic heterocycles. The molecule has 0 spiro atoms. The first-order valence-corrected chi connectivity index (χ1v) is 12.3. The highest BCUT2D eigenvalue weighted by molar-refractivity contribution is 7.99. The maximum atomic E-state index is 13.9. The summed E-state index contributed by atoms with van der Waals surface area (Å²) >= 11 is 0.208. The van der Waals surface area contributed by atoms with Crippen molar-refractivity contribution in [3.63, 3.8) is 0 Å². The largest absolute Gasteiger partial charge is 1.00 e. The molecule has 254 valence electrons. The Morgan fingerprint density at radius 3 is 1.45 bits per heavy atom. The van der Waals surface area contributed by atoms with Crippen molar-refractivity contribution in [2.45, 2.75) is 67.4 Å². The smallest absolute Gasteiger partial charge is 0.460 e. The van der Waals surface area contributed by atoms with Crippen LogP contribution in [-0.2, 0) is 4.79 Å². The lowest BCUT2D eigenvalue weighted by molar-refractivity contribution is -0.870. The second kappa shape index (κ2) is 13.8. The molecule has 42 heavy (non-hydrogen) atoms. The van der Waals surface area contributed by atoms with Gasteiger partial charge in [0.15, 0.2) is 0 Å². The molecule has 3 nitrogen and oxygen atoms in total. The average molecular weight is 792 g/mol. The maximum absolute atomic E-state index is 13.9. The van der Waals surface area contributed by atoms with Crippen LogP contribution in [-0.4, -0.2) is 104 Å². The molecular weight excluding hydrogens is 766 g/mol. The maximum Gasteiger partial charge on any atom is 0.460 e. The van der Waals surface area contributed by atoms with Gasteiger partial charge in [-0.2, -0.15) is 86.4 Å². The van der Waals surface area contributed by atoms with Crippen LogP contribution in [0.1, 0.15) is 19.8 Å². The number of quaternary nitrogens is 1. The molecule has 0 aromatic rings. The summed E-state index contributed by atoms with van der Waals surface area (Å²) in [7, 11) is 5.56. The summed E-state index contributed by atoms with van der Waals surface area (Å²) in [6.45, 7) is 2.03. The van der Waals surface area contributed by atoms with Gasteiger partial charge < -0.3 is 33.8 Å². The van der Waals surface area contributed by atoms with E-state index in [4.69, 9.17) is 0 Å². The Balaban J connectivity index is 0. The summed E-state index contributed by atoms with van der Waals surface area (Å²) in [6.07, 6.45) is -9.79. The molecule has 0 bridgehead atoms. The van der Waals surface area contributed by atoms with Crippen LogP contribution in [0.2, 0.25) is 0 Å². The standard InChI is InChI=1S/C20H25F17N2OS.HI/c1-11(12(40)38-7-5-8-39(2,3)4)10-41-9-6-13(21,22)14(23,24)15(25,26)16(27,28)17(29,30)18(31,32)19(33,34)20(35,36)37;/h11H,5-10H2,1-4H3;1H. The van der Waals surface area contributed by atoms with Gasteiger partial charge in [-0.1, -0.05) is 6.92 Å². The molecule has 0 radical (unpaired) electrons. The highest BCUT2D eigenvalue weighted by atomic mass is 127. The molecule has 0 saturated carbocycles. The monoisotopic (exact) mass is 792 g/mol. The van der Waals surface area contributed by atoms with Gasteiger partial charge in [0.1, 0.15) is 0 Å². The van der Waals surface area contributed by atoms with E-state index in [9.17, 15) is 79.4 Å². The highest BCUT2D eigenvalue weighted by Gasteiger charge is 2.95. The van der Waals surface area contributed by atoms with Crippen molar-refractivity contribution in [2.24, 2.45) is 5.92 Å². The van der Waals surface area contributed by atoms with Crippen molar-refractivity contribution in [1.82, 2.24) is 5.32 Å². The molecular formula is C20H26F17IN2OS. The first kappa shape index (κ1) is 43.4. The lowest BCUT2D eigenvalue weighted by atomic mass is 9.88. The van der Waals surface area contributed by atoms with E-state index >= 15 is 0 Å². The number of rotatable bonds is 16. The van der Waals surface area contributed by atoms with E-state index in [-0.39, 0.29) is 42.3 Å². The van der Waals surface area contributed by atoms with Crippen LogP contribution in [0.25, 0.3) is 0 Å². The molecule has 0 rings (SSSR count). The quantitative estimate of drug-likeness (QED) is 0.111. The second-order valence-corrected chi connectivity index (χ2v) is 11.2. The summed E-state index contributed by atoms with van der Waals surface area (Å²) in [5, 5.41) is 2.45. The third-order valence-corrected chi connectivity index (χ3v) is 6.70. The molecule has 0 saturated heterocycles. The number of hydrogen-bond acceptors (Lipinski definition) is 2. The Morgan fingerprint density at radius 2 is 1.07 bits per heavy atom. The van der Waals surface area contributed by atoms with E-state index in [0.717, 1.165) is 0 Å². The fraction of sp³-hybridized carbons (Fsp3) is 0.950. The molecule has 22 heteroatoms. The third kappa shape index (κ3) is 8.52. The van der Waals surface area contributed by atoms with Gasteiger partial charge in [-0.3, -0.25) is 4.79 Å². The van der Waals surface area contributed by atoms with Crippen molar-refractivity contribution in [1.29, 1.82) is 0 Å². The summed E-state index contributed by atoms with van der Waals surface area (Å²) in [4.78, 5) is 11.9.